The minimum Gasteiger partial charge on any atom is -0.465 e. The molecule has 1 atom stereocenters. The molecular weight excluding hydrogens is 418 g/mol. The van der Waals surface area contributed by atoms with E-state index in [0.29, 0.717) is 30.1 Å². The number of methoxy groups -OCH3 is 1. The molecule has 4 rings (SSSR count). The van der Waals surface area contributed by atoms with Crippen LogP contribution in [0, 0.1) is 12.8 Å². The molecule has 3 heterocycles. The Morgan fingerprint density at radius 3 is 2.58 bits per heavy atom. The smallest absolute Gasteiger partial charge is 0.339 e. The van der Waals surface area contributed by atoms with Crippen LogP contribution in [0.1, 0.15) is 41.8 Å². The number of carbonyl (C=O) groups is 1. The number of imidazole rings is 1. The van der Waals surface area contributed by atoms with Crippen LogP contribution in [0.3, 0.4) is 0 Å². The lowest BCUT2D eigenvalue weighted by atomic mass is 10.00. The van der Waals surface area contributed by atoms with E-state index < -0.39 is 15.8 Å². The van der Waals surface area contributed by atoms with Gasteiger partial charge in [-0.1, -0.05) is 13.8 Å². The van der Waals surface area contributed by atoms with Crippen molar-refractivity contribution < 1.29 is 17.9 Å². The van der Waals surface area contributed by atoms with Crippen LogP contribution in [-0.4, -0.2) is 53.8 Å². The van der Waals surface area contributed by atoms with Gasteiger partial charge < -0.3 is 14.2 Å². The van der Waals surface area contributed by atoms with Crippen molar-refractivity contribution in [3.63, 3.8) is 0 Å². The van der Waals surface area contributed by atoms with Crippen LogP contribution in [0.5, 0.6) is 0 Å². The highest BCUT2D eigenvalue weighted by Crippen LogP contribution is 2.37. The molecule has 1 aliphatic rings. The number of hydrogen-bond donors (Lipinski definition) is 0. The molecule has 0 N–H and O–H groups in total. The van der Waals surface area contributed by atoms with Gasteiger partial charge in [0.05, 0.1) is 34.6 Å². The van der Waals surface area contributed by atoms with Crippen molar-refractivity contribution in [3.8, 4) is 0 Å². The summed E-state index contributed by atoms with van der Waals surface area (Å²) in [6, 6.07) is 4.79. The summed E-state index contributed by atoms with van der Waals surface area (Å²) in [4.78, 5) is 28.2. The largest absolute Gasteiger partial charge is 0.465 e. The molecule has 0 bridgehead atoms. The molecule has 0 aliphatic carbocycles. The maximum Gasteiger partial charge on any atom is 0.339 e. The van der Waals surface area contributed by atoms with Crippen LogP contribution in [-0.2, 0) is 21.1 Å². The number of anilines is 1. The average molecular weight is 444 g/mol. The van der Waals surface area contributed by atoms with Gasteiger partial charge in [-0.25, -0.2) is 28.2 Å². The topological polar surface area (TPSA) is 107 Å². The lowest BCUT2D eigenvalue weighted by molar-refractivity contribution is 0.0596. The minimum atomic E-state index is -3.65. The van der Waals surface area contributed by atoms with E-state index in [9.17, 15) is 13.2 Å². The highest BCUT2D eigenvalue weighted by Gasteiger charge is 2.35. The summed E-state index contributed by atoms with van der Waals surface area (Å²) in [6.45, 7) is 7.37. The Bertz CT molecular complexity index is 1280. The second-order valence-corrected chi connectivity index (χ2v) is 10.1. The third-order valence-corrected chi connectivity index (χ3v) is 6.66. The monoisotopic (exact) mass is 443 g/mol. The molecule has 10 heteroatoms. The first-order chi connectivity index (χ1) is 14.6. The van der Waals surface area contributed by atoms with Gasteiger partial charge >= 0.3 is 5.97 Å². The van der Waals surface area contributed by atoms with Gasteiger partial charge in [0, 0.05) is 31.2 Å². The fourth-order valence-electron chi connectivity index (χ4n) is 4.15. The summed E-state index contributed by atoms with van der Waals surface area (Å²) in [6.07, 6.45) is 2.83. The van der Waals surface area contributed by atoms with Gasteiger partial charge in [0.15, 0.2) is 9.84 Å². The van der Waals surface area contributed by atoms with Crippen LogP contribution >= 0.6 is 0 Å². The average Bonchev–Trinajstić information content (AvgIpc) is 3.08. The maximum absolute atomic E-state index is 12.4. The second kappa shape index (κ2) is 7.60. The Kier molecular flexibility index (Phi) is 5.20. The number of esters is 1. The van der Waals surface area contributed by atoms with E-state index in [4.69, 9.17) is 9.72 Å². The Balaban J connectivity index is 1.93. The number of rotatable bonds is 4. The number of hydrogen-bond acceptors (Lipinski definition) is 8. The molecule has 0 radical (unpaired) electrons. The predicted octanol–water partition coefficient (Wildman–Crippen LogP) is 2.54. The van der Waals surface area contributed by atoms with Crippen molar-refractivity contribution in [2.24, 2.45) is 5.92 Å². The predicted molar refractivity (Wildman–Crippen MR) is 116 cm³/mol. The SMILES string of the molecule is COC(=O)c1cc2nc3n(c2cc1S(C)(=O)=O)CCN(c1nccc(C)n1)C3C(C)C. The van der Waals surface area contributed by atoms with E-state index in [-0.39, 0.29) is 22.4 Å². The van der Waals surface area contributed by atoms with Gasteiger partial charge in [0.25, 0.3) is 0 Å². The summed E-state index contributed by atoms with van der Waals surface area (Å²) in [5.41, 5.74) is 2.11. The summed E-state index contributed by atoms with van der Waals surface area (Å²) in [5.74, 6) is 0.921. The zero-order chi connectivity index (χ0) is 22.5. The molecule has 0 amide bonds. The Morgan fingerprint density at radius 1 is 1.23 bits per heavy atom. The van der Waals surface area contributed by atoms with Crippen LogP contribution in [0.15, 0.2) is 29.3 Å². The molecule has 0 spiro atoms. The highest BCUT2D eigenvalue weighted by molar-refractivity contribution is 7.90. The van der Waals surface area contributed by atoms with Crippen molar-refractivity contribution in [2.45, 2.75) is 38.3 Å². The van der Waals surface area contributed by atoms with E-state index in [0.717, 1.165) is 17.8 Å². The fraction of sp³-hybridized carbons (Fsp3) is 0.429. The number of benzene rings is 1. The van der Waals surface area contributed by atoms with Gasteiger partial charge in [0.1, 0.15) is 5.82 Å². The molecule has 2 aromatic heterocycles. The third-order valence-electron chi connectivity index (χ3n) is 5.52. The summed E-state index contributed by atoms with van der Waals surface area (Å²) in [5, 5.41) is 0. The number of aryl methyl sites for hydroxylation is 1. The maximum atomic E-state index is 12.4. The van der Waals surface area contributed by atoms with Gasteiger partial charge in [0.2, 0.25) is 5.95 Å². The molecule has 31 heavy (non-hydrogen) atoms. The molecule has 1 aromatic carbocycles. The van der Waals surface area contributed by atoms with E-state index in [2.05, 4.69) is 28.7 Å². The summed E-state index contributed by atoms with van der Waals surface area (Å²) >= 11 is 0. The Labute approximate surface area is 181 Å². The van der Waals surface area contributed by atoms with E-state index in [1.54, 1.807) is 6.20 Å². The Morgan fingerprint density at radius 2 is 1.97 bits per heavy atom. The van der Waals surface area contributed by atoms with Gasteiger partial charge in [-0.3, -0.25) is 0 Å². The number of ether oxygens (including phenoxy) is 1. The lowest BCUT2D eigenvalue weighted by Crippen LogP contribution is -2.41. The van der Waals surface area contributed by atoms with Gasteiger partial charge in [-0.2, -0.15) is 0 Å². The van der Waals surface area contributed by atoms with Gasteiger partial charge in [-0.05, 0) is 31.0 Å². The van der Waals surface area contributed by atoms with E-state index >= 15 is 0 Å². The standard InChI is InChI=1S/C21H25N5O4S/c1-12(2)18-19-24-15-10-14(20(27)30-4)17(31(5,28)29)11-16(15)25(19)8-9-26(18)21-22-7-6-13(3)23-21/h6-7,10-12,18H,8-9H2,1-5H3. The zero-order valence-electron chi connectivity index (χ0n) is 18.2. The molecule has 9 nitrogen and oxygen atoms in total. The molecule has 1 unspecified atom stereocenters. The molecule has 1 aliphatic heterocycles. The number of nitrogens with zero attached hydrogens (tertiary/aromatic N) is 5. The third kappa shape index (κ3) is 3.65. The van der Waals surface area contributed by atoms with Crippen LogP contribution in [0.4, 0.5) is 5.95 Å². The van der Waals surface area contributed by atoms with Crippen molar-refractivity contribution in [2.75, 3.05) is 24.8 Å². The number of sulfone groups is 1. The zero-order valence-corrected chi connectivity index (χ0v) is 19.0. The van der Waals surface area contributed by atoms with Crippen LogP contribution in [0.2, 0.25) is 0 Å². The molecular formula is C21H25N5O4S. The number of carbonyl (C=O) groups excluding carboxylic acids is 1. The summed E-state index contributed by atoms with van der Waals surface area (Å²) < 4.78 is 31.6. The van der Waals surface area contributed by atoms with Crippen molar-refractivity contribution in [3.05, 3.63) is 41.5 Å². The number of aromatic nitrogens is 4. The van der Waals surface area contributed by atoms with Crippen LogP contribution < -0.4 is 4.90 Å². The van der Waals surface area contributed by atoms with E-state index in [1.807, 2.05) is 17.6 Å². The fourth-order valence-corrected chi connectivity index (χ4v) is 5.02. The molecule has 0 saturated carbocycles. The quantitative estimate of drug-likeness (QED) is 0.566. The highest BCUT2D eigenvalue weighted by atomic mass is 32.2. The Hall–Kier alpha value is -3.01. The first kappa shape index (κ1) is 21.2. The van der Waals surface area contributed by atoms with Crippen molar-refractivity contribution >= 4 is 32.8 Å². The second-order valence-electron chi connectivity index (χ2n) is 8.10. The molecule has 0 saturated heterocycles. The van der Waals surface area contributed by atoms with Crippen molar-refractivity contribution in [1.29, 1.82) is 0 Å². The van der Waals surface area contributed by atoms with E-state index in [1.165, 1.54) is 19.2 Å². The lowest BCUT2D eigenvalue weighted by Gasteiger charge is -2.38. The van der Waals surface area contributed by atoms with Gasteiger partial charge in [-0.15, -0.1) is 0 Å². The number of fused-ring (bicyclic) bond motifs is 3. The molecule has 3 aromatic rings. The first-order valence-electron chi connectivity index (χ1n) is 10.0. The summed E-state index contributed by atoms with van der Waals surface area (Å²) in [7, 11) is -2.42. The molecule has 164 valence electrons. The normalized spacial score (nSPS) is 16.6. The minimum absolute atomic E-state index is 0.00656. The first-order valence-corrected chi connectivity index (χ1v) is 11.9. The van der Waals surface area contributed by atoms with Crippen LogP contribution in [0.25, 0.3) is 11.0 Å². The molecule has 0 fully saturated rings. The van der Waals surface area contributed by atoms with Crippen molar-refractivity contribution in [1.82, 2.24) is 19.5 Å².